The van der Waals surface area contributed by atoms with Gasteiger partial charge in [0.2, 0.25) is 11.9 Å². The average molecular weight is 498 g/mol. The molecule has 5 heterocycles. The van der Waals surface area contributed by atoms with Gasteiger partial charge in [-0.1, -0.05) is 17.1 Å². The van der Waals surface area contributed by atoms with Gasteiger partial charge >= 0.3 is 0 Å². The number of aryl methyl sites for hydroxylation is 1. The van der Waals surface area contributed by atoms with E-state index >= 15 is 0 Å². The number of amides is 1. The number of carbonyl (C=O) groups is 1. The molecule has 1 atom stereocenters. The summed E-state index contributed by atoms with van der Waals surface area (Å²) < 4.78 is 5.74. The van der Waals surface area contributed by atoms with Crippen LogP contribution in [-0.2, 0) is 4.79 Å². The minimum atomic E-state index is -0.0718. The molecule has 0 bridgehead atoms. The molecular weight excluding hydrogens is 470 g/mol. The lowest BCUT2D eigenvalue weighted by Crippen LogP contribution is -2.25. The van der Waals surface area contributed by atoms with Crippen LogP contribution in [0.25, 0.3) is 11.4 Å². The van der Waals surface area contributed by atoms with Crippen molar-refractivity contribution in [2.24, 2.45) is 0 Å². The Morgan fingerprint density at radius 2 is 2.14 bits per heavy atom. The van der Waals surface area contributed by atoms with Crippen LogP contribution in [0.3, 0.4) is 0 Å². The Bertz CT molecular complexity index is 1450. The monoisotopic (exact) mass is 497 g/mol. The van der Waals surface area contributed by atoms with Gasteiger partial charge in [-0.25, -0.2) is 4.98 Å². The fourth-order valence-corrected chi connectivity index (χ4v) is 4.05. The molecule has 0 aliphatic carbocycles. The Labute approximate surface area is 214 Å². The highest BCUT2D eigenvalue weighted by molar-refractivity contribution is 5.73. The molecule has 0 radical (unpaired) electrons. The molecule has 2 N–H and O–H groups in total. The van der Waals surface area contributed by atoms with Gasteiger partial charge in [-0.3, -0.25) is 14.9 Å². The van der Waals surface area contributed by atoms with Gasteiger partial charge in [-0.2, -0.15) is 10.1 Å². The summed E-state index contributed by atoms with van der Waals surface area (Å²) in [7, 11) is 1.71. The van der Waals surface area contributed by atoms with Gasteiger partial charge in [-0.15, -0.1) is 0 Å². The van der Waals surface area contributed by atoms with Crippen molar-refractivity contribution in [1.29, 1.82) is 0 Å². The van der Waals surface area contributed by atoms with Gasteiger partial charge in [0.1, 0.15) is 17.2 Å². The first-order valence-electron chi connectivity index (χ1n) is 12.0. The van der Waals surface area contributed by atoms with E-state index in [-0.39, 0.29) is 11.9 Å². The second-order valence-electron chi connectivity index (χ2n) is 8.86. The zero-order chi connectivity index (χ0) is 25.8. The number of pyridine rings is 1. The lowest BCUT2D eigenvalue weighted by molar-refractivity contribution is -0.126. The molecule has 0 aromatic carbocycles. The van der Waals surface area contributed by atoms with Crippen molar-refractivity contribution in [1.82, 2.24) is 35.2 Å². The predicted octanol–water partition coefficient (Wildman–Crippen LogP) is 3.47. The summed E-state index contributed by atoms with van der Waals surface area (Å²) in [6.45, 7) is 4.50. The van der Waals surface area contributed by atoms with Crippen LogP contribution in [0.5, 0.6) is 0 Å². The third-order valence-electron chi connectivity index (χ3n) is 6.04. The highest BCUT2D eigenvalue weighted by Crippen LogP contribution is 2.36. The molecule has 1 saturated heterocycles. The number of hydrogen-bond acceptors (Lipinski definition) is 9. The fourth-order valence-electron chi connectivity index (χ4n) is 4.05. The molecule has 1 aliphatic rings. The van der Waals surface area contributed by atoms with Gasteiger partial charge in [-0.05, 0) is 37.8 Å². The van der Waals surface area contributed by atoms with Gasteiger partial charge in [0.15, 0.2) is 11.6 Å². The van der Waals surface area contributed by atoms with Crippen LogP contribution in [0.1, 0.15) is 43.0 Å². The molecule has 1 fully saturated rings. The molecule has 5 rings (SSSR count). The van der Waals surface area contributed by atoms with Crippen LogP contribution in [0, 0.1) is 18.8 Å². The number of anilines is 3. The Morgan fingerprint density at radius 1 is 1.24 bits per heavy atom. The van der Waals surface area contributed by atoms with Gasteiger partial charge < -0.3 is 19.6 Å². The number of rotatable bonds is 6. The number of aromatic amines is 1. The van der Waals surface area contributed by atoms with Crippen molar-refractivity contribution < 1.29 is 9.32 Å². The number of nitrogens with one attached hydrogen (secondary N) is 2. The van der Waals surface area contributed by atoms with Gasteiger partial charge in [0, 0.05) is 50.6 Å². The van der Waals surface area contributed by atoms with E-state index in [1.54, 1.807) is 24.2 Å². The smallest absolute Gasteiger partial charge is 0.229 e. The summed E-state index contributed by atoms with van der Waals surface area (Å²) in [5.74, 6) is 8.52. The van der Waals surface area contributed by atoms with Crippen LogP contribution >= 0.6 is 0 Å². The van der Waals surface area contributed by atoms with Crippen LogP contribution in [0.2, 0.25) is 0 Å². The number of H-pyrrole nitrogens is 1. The molecule has 11 nitrogen and oxygen atoms in total. The van der Waals surface area contributed by atoms with Crippen LogP contribution in [0.15, 0.2) is 47.1 Å². The van der Waals surface area contributed by atoms with Crippen LogP contribution in [-0.4, -0.2) is 61.3 Å². The van der Waals surface area contributed by atoms with E-state index in [2.05, 4.69) is 42.4 Å². The molecule has 11 heteroatoms. The summed E-state index contributed by atoms with van der Waals surface area (Å²) >= 11 is 0. The molecule has 0 unspecified atom stereocenters. The Balaban J connectivity index is 1.45. The zero-order valence-electron chi connectivity index (χ0n) is 20.9. The largest absolute Gasteiger partial charge is 0.358 e. The summed E-state index contributed by atoms with van der Waals surface area (Å²) in [6.07, 6.45) is 3.56. The first kappa shape index (κ1) is 24.0. The summed E-state index contributed by atoms with van der Waals surface area (Å²) in [5.41, 5.74) is 2.91. The van der Waals surface area contributed by atoms with Crippen molar-refractivity contribution in [2.45, 2.75) is 32.7 Å². The average Bonchev–Trinajstić information content (AvgIpc) is 3.65. The first-order chi connectivity index (χ1) is 18.0. The minimum absolute atomic E-state index is 0.0500. The minimum Gasteiger partial charge on any atom is -0.358 e. The van der Waals surface area contributed by atoms with E-state index < -0.39 is 0 Å². The fraction of sp³-hybridized carbons (Fsp3) is 0.308. The van der Waals surface area contributed by atoms with Crippen molar-refractivity contribution in [3.63, 3.8) is 0 Å². The molecule has 0 spiro atoms. The van der Waals surface area contributed by atoms with E-state index in [1.165, 1.54) is 6.92 Å². The highest BCUT2D eigenvalue weighted by atomic mass is 16.5. The van der Waals surface area contributed by atoms with Crippen molar-refractivity contribution in [3.05, 3.63) is 59.7 Å². The van der Waals surface area contributed by atoms with E-state index in [1.807, 2.05) is 37.3 Å². The van der Waals surface area contributed by atoms with E-state index in [0.717, 1.165) is 36.5 Å². The molecule has 0 saturated carbocycles. The topological polar surface area (TPSA) is 129 Å². The molecule has 188 valence electrons. The van der Waals surface area contributed by atoms with Gasteiger partial charge in [0.25, 0.3) is 0 Å². The van der Waals surface area contributed by atoms with Crippen molar-refractivity contribution in [2.75, 3.05) is 30.4 Å². The Kier molecular flexibility index (Phi) is 6.81. The van der Waals surface area contributed by atoms with E-state index in [4.69, 9.17) is 14.5 Å². The molecular formula is C26H27N9O2. The standard InChI is InChI=1S/C26H27N9O2/c1-17-14-25(32-31-17)29-24-15-19(8-6-12-34(3)18(2)36)28-26(30-24)35-13-7-10-22(35)23-16-21(33-37-23)20-9-4-5-11-27-20/h4-5,9,11,14-16,22H,7,10,12-13H2,1-3H3,(H2,28,29,30,31,32)/t22-/m0/s1. The second-order valence-corrected chi connectivity index (χ2v) is 8.86. The lowest BCUT2D eigenvalue weighted by atomic mass is 10.1. The number of carbonyl (C=O) groups excluding carboxylic acids is 1. The highest BCUT2D eigenvalue weighted by Gasteiger charge is 2.32. The molecule has 37 heavy (non-hydrogen) atoms. The summed E-state index contributed by atoms with van der Waals surface area (Å²) in [4.78, 5) is 29.1. The SMILES string of the molecule is CC(=O)N(C)CC#Cc1cc(Nc2cc(C)[nH]n2)nc(N2CCC[C@H]2c2cc(-c3ccccn3)no2)n1. The number of aromatic nitrogens is 6. The molecule has 4 aromatic rings. The van der Waals surface area contributed by atoms with Crippen LogP contribution in [0.4, 0.5) is 17.6 Å². The number of hydrogen-bond donors (Lipinski definition) is 2. The molecule has 1 amide bonds. The van der Waals surface area contributed by atoms with Gasteiger partial charge in [0.05, 0.1) is 18.3 Å². The third kappa shape index (κ3) is 5.59. The lowest BCUT2D eigenvalue weighted by Gasteiger charge is -2.23. The summed E-state index contributed by atoms with van der Waals surface area (Å²) in [5, 5.41) is 14.6. The Hall–Kier alpha value is -4.72. The maximum atomic E-state index is 11.5. The summed E-state index contributed by atoms with van der Waals surface area (Å²) in [6, 6.07) is 11.2. The number of nitrogens with zero attached hydrogens (tertiary/aromatic N) is 7. The zero-order valence-corrected chi connectivity index (χ0v) is 20.9. The quantitative estimate of drug-likeness (QED) is 0.385. The first-order valence-corrected chi connectivity index (χ1v) is 12.0. The maximum Gasteiger partial charge on any atom is 0.229 e. The van der Waals surface area contributed by atoms with Crippen molar-refractivity contribution >= 4 is 23.5 Å². The predicted molar refractivity (Wildman–Crippen MR) is 138 cm³/mol. The Morgan fingerprint density at radius 3 is 2.89 bits per heavy atom. The maximum absolute atomic E-state index is 11.5. The third-order valence-corrected chi connectivity index (χ3v) is 6.04. The van der Waals surface area contributed by atoms with Crippen LogP contribution < -0.4 is 10.2 Å². The van der Waals surface area contributed by atoms with E-state index in [9.17, 15) is 4.79 Å². The van der Waals surface area contributed by atoms with Crippen molar-refractivity contribution in [3.8, 4) is 23.2 Å². The van der Waals surface area contributed by atoms with E-state index in [0.29, 0.717) is 35.5 Å². The molecule has 1 aliphatic heterocycles. The second kappa shape index (κ2) is 10.5. The molecule has 4 aromatic heterocycles. The normalized spacial score (nSPS) is 14.8.